The Morgan fingerprint density at radius 2 is 1.79 bits per heavy atom. The SMILES string of the molecule is Cc1cccc(-c2nnc([C@H](C)N3CCN(Cc4ccc(Cl)cc4)CC3)o2)c1. The molecule has 1 fully saturated rings. The third-order valence-electron chi connectivity index (χ3n) is 5.34. The third kappa shape index (κ3) is 4.43. The van der Waals surface area contributed by atoms with E-state index in [2.05, 4.69) is 58.1 Å². The van der Waals surface area contributed by atoms with E-state index in [1.54, 1.807) is 0 Å². The summed E-state index contributed by atoms with van der Waals surface area (Å²) in [5.41, 5.74) is 3.45. The summed E-state index contributed by atoms with van der Waals surface area (Å²) in [7, 11) is 0. The van der Waals surface area contributed by atoms with E-state index < -0.39 is 0 Å². The standard InChI is InChI=1S/C22H25ClN4O/c1-16-4-3-5-19(14-16)22-25-24-21(28-22)17(2)27-12-10-26(11-13-27)15-18-6-8-20(23)9-7-18/h3-9,14,17H,10-13,15H2,1-2H3/t17-/m0/s1. The van der Waals surface area contributed by atoms with Gasteiger partial charge in [-0.25, -0.2) is 0 Å². The number of nitrogens with zero attached hydrogens (tertiary/aromatic N) is 4. The number of rotatable bonds is 5. The molecule has 146 valence electrons. The smallest absolute Gasteiger partial charge is 0.247 e. The number of aromatic nitrogens is 2. The van der Waals surface area contributed by atoms with Crippen molar-refractivity contribution in [1.29, 1.82) is 0 Å². The molecule has 0 aliphatic carbocycles. The maximum atomic E-state index is 5.98. The monoisotopic (exact) mass is 396 g/mol. The molecule has 0 unspecified atom stereocenters. The molecule has 1 aliphatic rings. The van der Waals surface area contributed by atoms with Crippen LogP contribution in [0.25, 0.3) is 11.5 Å². The van der Waals surface area contributed by atoms with Gasteiger partial charge in [0.25, 0.3) is 0 Å². The highest BCUT2D eigenvalue weighted by Gasteiger charge is 2.25. The van der Waals surface area contributed by atoms with Gasteiger partial charge in [0.15, 0.2) is 0 Å². The first kappa shape index (κ1) is 19.1. The second-order valence-electron chi connectivity index (χ2n) is 7.43. The molecular weight excluding hydrogens is 372 g/mol. The second kappa shape index (κ2) is 8.43. The van der Waals surface area contributed by atoms with Gasteiger partial charge in [-0.2, -0.15) is 0 Å². The van der Waals surface area contributed by atoms with Crippen molar-refractivity contribution in [2.75, 3.05) is 26.2 Å². The Bertz CT molecular complexity index is 916. The molecule has 0 bridgehead atoms. The zero-order valence-corrected chi connectivity index (χ0v) is 17.1. The van der Waals surface area contributed by atoms with Crippen LogP contribution in [0.3, 0.4) is 0 Å². The molecular formula is C22H25ClN4O. The van der Waals surface area contributed by atoms with Crippen LogP contribution >= 0.6 is 11.6 Å². The van der Waals surface area contributed by atoms with Crippen LogP contribution in [-0.2, 0) is 6.54 Å². The molecule has 4 rings (SSSR count). The predicted molar refractivity (Wildman–Crippen MR) is 111 cm³/mol. The molecule has 1 aromatic heterocycles. The summed E-state index contributed by atoms with van der Waals surface area (Å²) >= 11 is 5.97. The summed E-state index contributed by atoms with van der Waals surface area (Å²) in [6.45, 7) is 9.16. The highest BCUT2D eigenvalue weighted by Crippen LogP contribution is 2.25. The van der Waals surface area contributed by atoms with E-state index in [0.717, 1.165) is 43.3 Å². The third-order valence-corrected chi connectivity index (χ3v) is 5.59. The van der Waals surface area contributed by atoms with Gasteiger partial charge in [-0.3, -0.25) is 9.80 Å². The quantitative estimate of drug-likeness (QED) is 0.631. The van der Waals surface area contributed by atoms with E-state index in [1.807, 2.05) is 24.3 Å². The van der Waals surface area contributed by atoms with Crippen molar-refractivity contribution in [3.05, 3.63) is 70.6 Å². The zero-order chi connectivity index (χ0) is 19.5. The Balaban J connectivity index is 1.35. The minimum absolute atomic E-state index is 0.115. The fourth-order valence-electron chi connectivity index (χ4n) is 3.61. The van der Waals surface area contributed by atoms with E-state index >= 15 is 0 Å². The molecule has 1 saturated heterocycles. The lowest BCUT2D eigenvalue weighted by Crippen LogP contribution is -2.46. The first-order valence-corrected chi connectivity index (χ1v) is 10.1. The minimum atomic E-state index is 0.115. The molecule has 0 radical (unpaired) electrons. The first-order chi connectivity index (χ1) is 13.6. The number of halogens is 1. The topological polar surface area (TPSA) is 45.4 Å². The molecule has 1 atom stereocenters. The largest absolute Gasteiger partial charge is 0.419 e. The van der Waals surface area contributed by atoms with Crippen LogP contribution in [0.4, 0.5) is 0 Å². The van der Waals surface area contributed by atoms with E-state index in [0.29, 0.717) is 11.8 Å². The fourth-order valence-corrected chi connectivity index (χ4v) is 3.74. The highest BCUT2D eigenvalue weighted by atomic mass is 35.5. The van der Waals surface area contributed by atoms with Crippen molar-refractivity contribution in [1.82, 2.24) is 20.0 Å². The van der Waals surface area contributed by atoms with Gasteiger partial charge in [-0.05, 0) is 43.7 Å². The molecule has 0 N–H and O–H groups in total. The van der Waals surface area contributed by atoms with Crippen molar-refractivity contribution < 1.29 is 4.42 Å². The normalized spacial score (nSPS) is 17.0. The second-order valence-corrected chi connectivity index (χ2v) is 7.87. The molecule has 0 saturated carbocycles. The maximum absolute atomic E-state index is 5.98. The molecule has 6 heteroatoms. The molecule has 3 aromatic rings. The molecule has 0 spiro atoms. The summed E-state index contributed by atoms with van der Waals surface area (Å²) in [4.78, 5) is 4.88. The van der Waals surface area contributed by atoms with Crippen molar-refractivity contribution in [3.8, 4) is 11.5 Å². The summed E-state index contributed by atoms with van der Waals surface area (Å²) in [5, 5.41) is 9.35. The number of aryl methyl sites for hydroxylation is 1. The van der Waals surface area contributed by atoms with Crippen molar-refractivity contribution in [2.24, 2.45) is 0 Å². The van der Waals surface area contributed by atoms with Crippen LogP contribution in [0.15, 0.2) is 52.9 Å². The molecule has 2 heterocycles. The van der Waals surface area contributed by atoms with Crippen LogP contribution in [0.2, 0.25) is 5.02 Å². The summed E-state index contributed by atoms with van der Waals surface area (Å²) in [6, 6.07) is 16.4. The van der Waals surface area contributed by atoms with Gasteiger partial charge in [0.1, 0.15) is 0 Å². The van der Waals surface area contributed by atoms with E-state index in [4.69, 9.17) is 16.0 Å². The Morgan fingerprint density at radius 1 is 1.04 bits per heavy atom. The van der Waals surface area contributed by atoms with Gasteiger partial charge in [0.05, 0.1) is 6.04 Å². The van der Waals surface area contributed by atoms with Gasteiger partial charge in [-0.1, -0.05) is 41.4 Å². The average Bonchev–Trinajstić information content (AvgIpc) is 3.20. The van der Waals surface area contributed by atoms with E-state index in [1.165, 1.54) is 11.1 Å². The van der Waals surface area contributed by atoms with Gasteiger partial charge in [-0.15, -0.1) is 10.2 Å². The lowest BCUT2D eigenvalue weighted by atomic mass is 10.1. The number of benzene rings is 2. The summed E-state index contributed by atoms with van der Waals surface area (Å²) < 4.78 is 5.98. The molecule has 5 nitrogen and oxygen atoms in total. The minimum Gasteiger partial charge on any atom is -0.419 e. The Labute approximate surface area is 170 Å². The van der Waals surface area contributed by atoms with Crippen LogP contribution in [0, 0.1) is 6.92 Å². The predicted octanol–water partition coefficient (Wildman–Crippen LogP) is 4.58. The van der Waals surface area contributed by atoms with Crippen molar-refractivity contribution in [3.63, 3.8) is 0 Å². The maximum Gasteiger partial charge on any atom is 0.247 e. The van der Waals surface area contributed by atoms with Crippen LogP contribution in [-0.4, -0.2) is 46.2 Å². The summed E-state index contributed by atoms with van der Waals surface area (Å²) in [5.74, 6) is 1.27. The van der Waals surface area contributed by atoms with Crippen molar-refractivity contribution in [2.45, 2.75) is 26.4 Å². The lowest BCUT2D eigenvalue weighted by Gasteiger charge is -2.36. The molecule has 28 heavy (non-hydrogen) atoms. The van der Waals surface area contributed by atoms with Gasteiger partial charge < -0.3 is 4.42 Å². The van der Waals surface area contributed by atoms with Gasteiger partial charge in [0, 0.05) is 43.3 Å². The number of piperazine rings is 1. The van der Waals surface area contributed by atoms with Gasteiger partial charge in [0.2, 0.25) is 11.8 Å². The highest BCUT2D eigenvalue weighted by molar-refractivity contribution is 6.30. The first-order valence-electron chi connectivity index (χ1n) is 9.70. The lowest BCUT2D eigenvalue weighted by molar-refractivity contribution is 0.0876. The average molecular weight is 397 g/mol. The number of hydrogen-bond acceptors (Lipinski definition) is 5. The van der Waals surface area contributed by atoms with E-state index in [9.17, 15) is 0 Å². The fraction of sp³-hybridized carbons (Fsp3) is 0.364. The van der Waals surface area contributed by atoms with Crippen LogP contribution in [0.5, 0.6) is 0 Å². The van der Waals surface area contributed by atoms with Crippen LogP contribution < -0.4 is 0 Å². The summed E-state index contributed by atoms with van der Waals surface area (Å²) in [6.07, 6.45) is 0. The molecule has 2 aromatic carbocycles. The molecule has 1 aliphatic heterocycles. The Morgan fingerprint density at radius 3 is 2.50 bits per heavy atom. The van der Waals surface area contributed by atoms with Gasteiger partial charge >= 0.3 is 0 Å². The Kier molecular flexibility index (Phi) is 5.76. The molecule has 0 amide bonds. The van der Waals surface area contributed by atoms with E-state index in [-0.39, 0.29) is 6.04 Å². The number of hydrogen-bond donors (Lipinski definition) is 0. The van der Waals surface area contributed by atoms with Crippen molar-refractivity contribution >= 4 is 11.6 Å². The van der Waals surface area contributed by atoms with Crippen LogP contribution in [0.1, 0.15) is 30.0 Å². The zero-order valence-electron chi connectivity index (χ0n) is 16.3. The Hall–Kier alpha value is -2.21.